The first-order valence-corrected chi connectivity index (χ1v) is 10.5. The highest BCUT2D eigenvalue weighted by molar-refractivity contribution is 5.91. The molecular weight excluding hydrogens is 388 g/mol. The third-order valence-electron chi connectivity index (χ3n) is 5.62. The monoisotopic (exact) mass is 414 g/mol. The second-order valence-electron chi connectivity index (χ2n) is 7.73. The number of hydrogen-bond donors (Lipinski definition) is 2. The lowest BCUT2D eigenvalue weighted by Gasteiger charge is -2.29. The number of para-hydroxylation sites is 1. The Kier molecular flexibility index (Phi) is 6.26. The van der Waals surface area contributed by atoms with Crippen molar-refractivity contribution in [3.8, 4) is 22.6 Å². The molecule has 1 saturated carbocycles. The van der Waals surface area contributed by atoms with Gasteiger partial charge in [0.1, 0.15) is 29.5 Å². The number of ketones is 1. The first kappa shape index (κ1) is 20.6. The van der Waals surface area contributed by atoms with E-state index >= 15 is 0 Å². The molecule has 0 radical (unpaired) electrons. The molecule has 1 fully saturated rings. The quantitative estimate of drug-likeness (QED) is 0.514. The van der Waals surface area contributed by atoms with Crippen LogP contribution >= 0.6 is 0 Å². The topological polar surface area (TPSA) is 90.1 Å². The minimum Gasteiger partial charge on any atom is -0.457 e. The van der Waals surface area contributed by atoms with E-state index in [1.54, 1.807) is 0 Å². The van der Waals surface area contributed by atoms with E-state index in [4.69, 9.17) is 10.5 Å². The largest absolute Gasteiger partial charge is 0.457 e. The van der Waals surface area contributed by atoms with Gasteiger partial charge in [-0.05, 0) is 55.2 Å². The number of nitrogens with zero attached hydrogens (tertiary/aromatic N) is 2. The Labute approximate surface area is 182 Å². The maximum atomic E-state index is 12.1. The predicted octanol–water partition coefficient (Wildman–Crippen LogP) is 5.24. The zero-order chi connectivity index (χ0) is 21.6. The van der Waals surface area contributed by atoms with Crippen LogP contribution < -0.4 is 15.8 Å². The molecule has 0 saturated heterocycles. The molecule has 2 aromatic carbocycles. The molecule has 1 aromatic heterocycles. The number of carbonyl (C=O) groups excluding carboxylic acids is 1. The third-order valence-corrected chi connectivity index (χ3v) is 5.62. The molecule has 0 amide bonds. The number of ether oxygens (including phenoxy) is 1. The van der Waals surface area contributed by atoms with Crippen LogP contribution in [-0.2, 0) is 4.79 Å². The van der Waals surface area contributed by atoms with E-state index in [1.807, 2.05) is 54.6 Å². The lowest BCUT2D eigenvalue weighted by Crippen LogP contribution is -2.31. The number of aromatic nitrogens is 2. The van der Waals surface area contributed by atoms with Crippen molar-refractivity contribution in [1.29, 1.82) is 0 Å². The SMILES string of the molecule is C=CC(=O)[C@H]1CCC[C@@H](Nc2ncnc(N)c2-c2ccc(Oc3ccccc3)cc2)C1. The van der Waals surface area contributed by atoms with Gasteiger partial charge < -0.3 is 15.8 Å². The molecule has 0 unspecified atom stereocenters. The van der Waals surface area contributed by atoms with Gasteiger partial charge >= 0.3 is 0 Å². The van der Waals surface area contributed by atoms with E-state index in [9.17, 15) is 4.79 Å². The van der Waals surface area contributed by atoms with Crippen LogP contribution in [0, 0.1) is 5.92 Å². The van der Waals surface area contributed by atoms with Crippen LogP contribution in [0.5, 0.6) is 11.5 Å². The van der Waals surface area contributed by atoms with Crippen molar-refractivity contribution < 1.29 is 9.53 Å². The van der Waals surface area contributed by atoms with Gasteiger partial charge in [0.15, 0.2) is 5.78 Å². The summed E-state index contributed by atoms with van der Waals surface area (Å²) in [5.74, 6) is 2.73. The molecule has 2 atom stereocenters. The van der Waals surface area contributed by atoms with Gasteiger partial charge in [0, 0.05) is 12.0 Å². The molecule has 6 nitrogen and oxygen atoms in total. The summed E-state index contributed by atoms with van der Waals surface area (Å²) in [6.45, 7) is 3.63. The fourth-order valence-corrected chi connectivity index (χ4v) is 4.05. The number of benzene rings is 2. The van der Waals surface area contributed by atoms with E-state index in [0.717, 1.165) is 48.3 Å². The van der Waals surface area contributed by atoms with Crippen molar-refractivity contribution in [1.82, 2.24) is 9.97 Å². The number of nitrogens with one attached hydrogen (secondary N) is 1. The molecule has 0 bridgehead atoms. The summed E-state index contributed by atoms with van der Waals surface area (Å²) < 4.78 is 5.88. The van der Waals surface area contributed by atoms with E-state index in [-0.39, 0.29) is 17.7 Å². The maximum Gasteiger partial charge on any atom is 0.158 e. The number of rotatable bonds is 7. The highest BCUT2D eigenvalue weighted by Crippen LogP contribution is 2.35. The van der Waals surface area contributed by atoms with Crippen LogP contribution in [0.1, 0.15) is 25.7 Å². The first-order valence-electron chi connectivity index (χ1n) is 10.5. The van der Waals surface area contributed by atoms with Crippen molar-refractivity contribution >= 4 is 17.4 Å². The van der Waals surface area contributed by atoms with Crippen molar-refractivity contribution in [2.45, 2.75) is 31.7 Å². The van der Waals surface area contributed by atoms with Crippen molar-refractivity contribution in [2.24, 2.45) is 5.92 Å². The van der Waals surface area contributed by atoms with Crippen LogP contribution in [0.2, 0.25) is 0 Å². The van der Waals surface area contributed by atoms with E-state index in [0.29, 0.717) is 11.6 Å². The van der Waals surface area contributed by atoms with Gasteiger partial charge in [-0.25, -0.2) is 9.97 Å². The van der Waals surface area contributed by atoms with Crippen molar-refractivity contribution in [3.63, 3.8) is 0 Å². The normalized spacial score (nSPS) is 18.2. The summed E-state index contributed by atoms with van der Waals surface area (Å²) in [6, 6.07) is 17.5. The molecule has 1 aliphatic carbocycles. The summed E-state index contributed by atoms with van der Waals surface area (Å²) in [5.41, 5.74) is 7.88. The molecule has 1 aliphatic rings. The minimum absolute atomic E-state index is 0.0146. The molecule has 0 aliphatic heterocycles. The fourth-order valence-electron chi connectivity index (χ4n) is 4.05. The fraction of sp³-hybridized carbons (Fsp3) is 0.240. The van der Waals surface area contributed by atoms with E-state index in [2.05, 4.69) is 21.9 Å². The molecule has 158 valence electrons. The number of nitrogens with two attached hydrogens (primary N) is 1. The molecule has 3 N–H and O–H groups in total. The van der Waals surface area contributed by atoms with Gasteiger partial charge in [-0.15, -0.1) is 0 Å². The van der Waals surface area contributed by atoms with Gasteiger partial charge in [-0.2, -0.15) is 0 Å². The van der Waals surface area contributed by atoms with Crippen molar-refractivity contribution in [3.05, 3.63) is 73.6 Å². The second kappa shape index (κ2) is 9.43. The summed E-state index contributed by atoms with van der Waals surface area (Å²) in [6.07, 6.45) is 6.53. The molecular formula is C25H26N4O2. The van der Waals surface area contributed by atoms with Gasteiger partial charge in [0.25, 0.3) is 0 Å². The number of hydrogen-bond acceptors (Lipinski definition) is 6. The summed E-state index contributed by atoms with van der Waals surface area (Å²) in [5, 5.41) is 3.50. The Bertz CT molecular complexity index is 1050. The maximum absolute atomic E-state index is 12.1. The van der Waals surface area contributed by atoms with Crippen LogP contribution in [0.4, 0.5) is 11.6 Å². The summed E-state index contributed by atoms with van der Waals surface area (Å²) in [4.78, 5) is 20.7. The molecule has 6 heteroatoms. The number of allylic oxidation sites excluding steroid dienone is 1. The van der Waals surface area contributed by atoms with Crippen LogP contribution in [0.3, 0.4) is 0 Å². The van der Waals surface area contributed by atoms with Crippen molar-refractivity contribution in [2.75, 3.05) is 11.1 Å². The van der Waals surface area contributed by atoms with Gasteiger partial charge in [0.2, 0.25) is 0 Å². The standard InChI is InChI=1S/C25H26N4O2/c1-2-22(30)18-7-6-8-19(15-18)29-25-23(24(26)27-16-28-25)17-11-13-21(14-12-17)31-20-9-4-3-5-10-20/h2-5,9-14,16,18-19H,1,6-8,15H2,(H3,26,27,28,29)/t18-,19+/m0/s1. The van der Waals surface area contributed by atoms with E-state index in [1.165, 1.54) is 12.4 Å². The number of anilines is 2. The molecule has 31 heavy (non-hydrogen) atoms. The molecule has 1 heterocycles. The second-order valence-corrected chi connectivity index (χ2v) is 7.73. The molecule has 3 aromatic rings. The van der Waals surface area contributed by atoms with Crippen LogP contribution in [0.15, 0.2) is 73.6 Å². The predicted molar refractivity (Wildman–Crippen MR) is 123 cm³/mol. The lowest BCUT2D eigenvalue weighted by molar-refractivity contribution is -0.119. The van der Waals surface area contributed by atoms with Crippen LogP contribution in [-0.4, -0.2) is 21.8 Å². The number of carbonyl (C=O) groups is 1. The lowest BCUT2D eigenvalue weighted by atomic mass is 9.83. The van der Waals surface area contributed by atoms with Gasteiger partial charge in [-0.1, -0.05) is 43.3 Å². The smallest absolute Gasteiger partial charge is 0.158 e. The Hall–Kier alpha value is -3.67. The zero-order valence-electron chi connectivity index (χ0n) is 17.3. The zero-order valence-corrected chi connectivity index (χ0v) is 17.3. The third kappa shape index (κ3) is 4.91. The minimum atomic E-state index is 0.0146. The Balaban J connectivity index is 1.54. The number of nitrogen functional groups attached to an aromatic ring is 1. The van der Waals surface area contributed by atoms with E-state index < -0.39 is 0 Å². The Morgan fingerprint density at radius 1 is 1.06 bits per heavy atom. The summed E-state index contributed by atoms with van der Waals surface area (Å²) >= 11 is 0. The van der Waals surface area contributed by atoms with Gasteiger partial charge in [-0.3, -0.25) is 4.79 Å². The average Bonchev–Trinajstić information content (AvgIpc) is 2.80. The Morgan fingerprint density at radius 2 is 1.81 bits per heavy atom. The van der Waals surface area contributed by atoms with Gasteiger partial charge in [0.05, 0.1) is 5.56 Å². The summed E-state index contributed by atoms with van der Waals surface area (Å²) in [7, 11) is 0. The average molecular weight is 415 g/mol. The molecule has 0 spiro atoms. The van der Waals surface area contributed by atoms with Crippen LogP contribution in [0.25, 0.3) is 11.1 Å². The first-order chi connectivity index (χ1) is 15.1. The highest BCUT2D eigenvalue weighted by Gasteiger charge is 2.26. The molecule has 4 rings (SSSR count). The highest BCUT2D eigenvalue weighted by atomic mass is 16.5. The Morgan fingerprint density at radius 3 is 2.55 bits per heavy atom.